The van der Waals surface area contributed by atoms with Gasteiger partial charge in [-0.15, -0.1) is 6.42 Å². The van der Waals surface area contributed by atoms with Gasteiger partial charge in [0.05, 0.1) is 29.0 Å². The second kappa shape index (κ2) is 9.90. The number of phenols is 1. The van der Waals surface area contributed by atoms with Crippen LogP contribution in [0.4, 0.5) is 16.2 Å². The molecule has 3 saturated carbocycles. The molecule has 9 atom stereocenters. The molecule has 2 bridgehead atoms. The molecule has 236 valence electrons. The molecule has 8 nitrogen and oxygen atoms in total. The summed E-state index contributed by atoms with van der Waals surface area (Å²) in [5.41, 5.74) is 7.33. The summed E-state index contributed by atoms with van der Waals surface area (Å²) in [7, 11) is 0. The number of carbonyl (C=O) groups excluding carboxylic acids is 1. The van der Waals surface area contributed by atoms with Crippen molar-refractivity contribution in [3.05, 3.63) is 47.1 Å². The van der Waals surface area contributed by atoms with Gasteiger partial charge in [0.15, 0.2) is 0 Å². The minimum absolute atomic E-state index is 0.0717. The maximum Gasteiger partial charge on any atom is 0.348 e. The zero-order chi connectivity index (χ0) is 30.8. The third-order valence-corrected chi connectivity index (χ3v) is 12.8. The molecule has 2 aromatic rings. The van der Waals surface area contributed by atoms with Crippen molar-refractivity contribution in [2.75, 3.05) is 22.9 Å². The van der Waals surface area contributed by atoms with Gasteiger partial charge in [0.1, 0.15) is 12.1 Å². The smallest absolute Gasteiger partial charge is 0.348 e. The molecule has 1 aromatic heterocycles. The number of aromatic hydroxyl groups is 1. The predicted octanol–water partition coefficient (Wildman–Crippen LogP) is 5.98. The van der Waals surface area contributed by atoms with E-state index in [1.165, 1.54) is 25.0 Å². The van der Waals surface area contributed by atoms with Crippen molar-refractivity contribution in [2.24, 2.45) is 34.6 Å². The summed E-state index contributed by atoms with van der Waals surface area (Å²) in [4.78, 5) is 33.8. The highest BCUT2D eigenvalue weighted by atomic mass is 16.3. The van der Waals surface area contributed by atoms with Crippen molar-refractivity contribution in [1.29, 1.82) is 0 Å². The molecule has 0 radical (unpaired) electrons. The van der Waals surface area contributed by atoms with Crippen LogP contribution < -0.4 is 15.1 Å². The number of hydrogen-bond acceptors (Lipinski definition) is 6. The lowest BCUT2D eigenvalue weighted by Crippen LogP contribution is -2.60. The normalized spacial score (nSPS) is 37.3. The number of urea groups is 1. The molecule has 8 aliphatic rings. The van der Waals surface area contributed by atoms with Crippen LogP contribution in [0.1, 0.15) is 98.6 Å². The number of aromatic nitrogens is 2. The van der Waals surface area contributed by atoms with Crippen molar-refractivity contribution in [1.82, 2.24) is 15.3 Å². The van der Waals surface area contributed by atoms with Gasteiger partial charge in [-0.2, -0.15) is 0 Å². The van der Waals surface area contributed by atoms with Gasteiger partial charge in [-0.05, 0) is 86.3 Å². The summed E-state index contributed by atoms with van der Waals surface area (Å²) >= 11 is 0. The fourth-order valence-corrected chi connectivity index (χ4v) is 10.3. The third-order valence-electron chi connectivity index (χ3n) is 12.8. The quantitative estimate of drug-likeness (QED) is 0.403. The highest BCUT2D eigenvalue weighted by Crippen LogP contribution is 2.60. The number of nitrogens with zero attached hydrogens (tertiary/aromatic N) is 5. The van der Waals surface area contributed by atoms with E-state index in [0.717, 1.165) is 72.5 Å². The van der Waals surface area contributed by atoms with E-state index in [-0.39, 0.29) is 35.6 Å². The van der Waals surface area contributed by atoms with Crippen molar-refractivity contribution < 1.29 is 9.90 Å². The summed E-state index contributed by atoms with van der Waals surface area (Å²) in [6.45, 7) is 3.66. The van der Waals surface area contributed by atoms with E-state index >= 15 is 0 Å². The van der Waals surface area contributed by atoms with Gasteiger partial charge in [-0.3, -0.25) is 4.90 Å². The summed E-state index contributed by atoms with van der Waals surface area (Å²) in [6.07, 6.45) is 21.2. The van der Waals surface area contributed by atoms with Gasteiger partial charge < -0.3 is 15.3 Å². The first-order valence-corrected chi connectivity index (χ1v) is 17.8. The number of phenolic OH excluding ortho intramolecular Hbond substituents is 1. The minimum Gasteiger partial charge on any atom is -0.508 e. The number of rotatable bonds is 5. The number of hydrogen-bond donors (Lipinski definition) is 2. The van der Waals surface area contributed by atoms with Crippen molar-refractivity contribution in [2.45, 2.75) is 94.2 Å². The van der Waals surface area contributed by atoms with E-state index in [9.17, 15) is 9.90 Å². The van der Waals surface area contributed by atoms with Crippen LogP contribution in [0.5, 0.6) is 5.75 Å². The highest BCUT2D eigenvalue weighted by Gasteiger charge is 2.63. The van der Waals surface area contributed by atoms with E-state index in [1.54, 1.807) is 6.33 Å². The van der Waals surface area contributed by atoms with Crippen LogP contribution in [0, 0.1) is 41.9 Å². The van der Waals surface area contributed by atoms with Gasteiger partial charge >= 0.3 is 6.03 Å². The molecule has 1 aromatic carbocycles. The van der Waals surface area contributed by atoms with Crippen LogP contribution in [-0.4, -0.2) is 58.0 Å². The molecule has 8 unspecified atom stereocenters. The molecule has 2 N–H and O–H groups in total. The molecule has 6 fully saturated rings. The summed E-state index contributed by atoms with van der Waals surface area (Å²) in [5, 5.41) is 14.8. The van der Waals surface area contributed by atoms with Crippen LogP contribution in [0.3, 0.4) is 0 Å². The molecular weight excluding hydrogens is 572 g/mol. The number of nitrogens with one attached hydrogen (secondary N) is 1. The van der Waals surface area contributed by atoms with E-state index in [1.807, 2.05) is 12.1 Å². The van der Waals surface area contributed by atoms with Crippen LogP contribution in [0.25, 0.3) is 6.08 Å². The first kappa shape index (κ1) is 27.4. The standard InChI is InChI=1S/C38H42N6O2/c1-3-25-19(2)4-5-22-14-24(45)16-29(31(22)25)43-13-12-26-30(17-43)44(37-34(20-6-7-20)39-18-40-35(37)21-8-9-21)38(46)42-36(26)33-27-15-23-10-11-28(41-23)32(27)33/h1,4-5,14,16,18-21,23,25-28,30,32-33,41,45H,6-13,15,17H2,2H3/t19?,23?,25?,26?,27?,28?,30?,32-,33?/m0/s1. The Morgan fingerprint density at radius 1 is 1.04 bits per heavy atom. The molecule has 0 spiro atoms. The first-order valence-electron chi connectivity index (χ1n) is 17.8. The fraction of sp³-hybridized carbons (Fsp3) is 0.579. The van der Waals surface area contributed by atoms with Gasteiger partial charge in [-0.25, -0.2) is 19.8 Å². The van der Waals surface area contributed by atoms with Crippen LogP contribution in [0.2, 0.25) is 0 Å². The van der Waals surface area contributed by atoms with Crippen molar-refractivity contribution in [3.8, 4) is 18.1 Å². The maximum absolute atomic E-state index is 14.6. The van der Waals surface area contributed by atoms with Gasteiger partial charge in [0.25, 0.3) is 0 Å². The minimum atomic E-state index is -0.130. The number of allylic oxidation sites excluding steroid dienone is 1. The molecule has 46 heavy (non-hydrogen) atoms. The second-order valence-corrected chi connectivity index (χ2v) is 15.5. The van der Waals surface area contributed by atoms with Gasteiger partial charge in [-0.1, -0.05) is 25.0 Å². The van der Waals surface area contributed by atoms with E-state index < -0.39 is 0 Å². The first-order chi connectivity index (χ1) is 22.5. The average molecular weight is 615 g/mol. The fourth-order valence-electron chi connectivity index (χ4n) is 10.3. The Morgan fingerprint density at radius 3 is 2.57 bits per heavy atom. The Morgan fingerprint density at radius 2 is 1.83 bits per heavy atom. The van der Waals surface area contributed by atoms with E-state index in [4.69, 9.17) is 21.4 Å². The molecule has 3 saturated heterocycles. The molecule has 2 amide bonds. The number of terminal acetylenes is 1. The topological polar surface area (TPSA) is 94.0 Å². The van der Waals surface area contributed by atoms with Gasteiger partial charge in [0.2, 0.25) is 0 Å². The van der Waals surface area contributed by atoms with Crippen molar-refractivity contribution in [3.63, 3.8) is 0 Å². The summed E-state index contributed by atoms with van der Waals surface area (Å²) in [6, 6.07) is 4.72. The van der Waals surface area contributed by atoms with Crippen LogP contribution >= 0.6 is 0 Å². The molecule has 5 heterocycles. The molecule has 4 aliphatic carbocycles. The SMILES string of the molecule is C#CC1c2c(cc(O)cc2N2CCC3C(C4C5CC6CCC(N6)[C@H]54)=NC(=O)N(c4c(C5CC5)ncnc4C4CC4)C3C2)C=CC1C. The van der Waals surface area contributed by atoms with Crippen LogP contribution in [-0.2, 0) is 0 Å². The molecule has 4 aliphatic heterocycles. The lowest BCUT2D eigenvalue weighted by atomic mass is 9.78. The Bertz CT molecular complexity index is 1720. The Kier molecular flexibility index (Phi) is 5.90. The number of piperidine rings is 2. The lowest BCUT2D eigenvalue weighted by molar-refractivity contribution is 0.245. The maximum atomic E-state index is 14.6. The van der Waals surface area contributed by atoms with E-state index in [0.29, 0.717) is 48.2 Å². The Labute approximate surface area is 270 Å². The monoisotopic (exact) mass is 614 g/mol. The Balaban J connectivity index is 1.09. The zero-order valence-corrected chi connectivity index (χ0v) is 26.5. The molecule has 10 rings (SSSR count). The predicted molar refractivity (Wildman–Crippen MR) is 178 cm³/mol. The lowest BCUT2D eigenvalue weighted by Gasteiger charge is -2.48. The number of amides is 2. The summed E-state index contributed by atoms with van der Waals surface area (Å²) < 4.78 is 0. The number of carbonyl (C=O) groups is 1. The number of anilines is 2. The number of aliphatic imine (C=N–C) groups is 1. The highest BCUT2D eigenvalue weighted by molar-refractivity contribution is 6.09. The zero-order valence-electron chi connectivity index (χ0n) is 26.5. The summed E-state index contributed by atoms with van der Waals surface area (Å²) in [5.74, 6) is 6.10. The molecule has 8 heteroatoms. The average Bonchev–Trinajstić information content (AvgIpc) is 3.94. The Hall–Kier alpha value is -3.70. The molecular formula is C38H42N6O2. The van der Waals surface area contributed by atoms with Crippen molar-refractivity contribution >= 4 is 29.2 Å². The van der Waals surface area contributed by atoms with Gasteiger partial charge in [0, 0.05) is 66.3 Å². The third kappa shape index (κ3) is 4.09. The second-order valence-electron chi connectivity index (χ2n) is 15.5. The largest absolute Gasteiger partial charge is 0.508 e. The van der Waals surface area contributed by atoms with Crippen LogP contribution in [0.15, 0.2) is 29.5 Å². The van der Waals surface area contributed by atoms with E-state index in [2.05, 4.69) is 40.1 Å². The number of benzene rings is 1. The number of fused-ring (bicyclic) bond motifs is 6.